The van der Waals surface area contributed by atoms with Crippen molar-refractivity contribution in [3.8, 4) is 5.75 Å². The van der Waals surface area contributed by atoms with Crippen molar-refractivity contribution >= 4 is 11.8 Å². The van der Waals surface area contributed by atoms with Crippen LogP contribution in [0.4, 0.5) is 0 Å². The van der Waals surface area contributed by atoms with Crippen LogP contribution in [0.2, 0.25) is 0 Å². The van der Waals surface area contributed by atoms with Gasteiger partial charge >= 0.3 is 0 Å². The molecule has 1 N–H and O–H groups in total. The average molecular weight is 435 g/mol. The lowest BCUT2D eigenvalue weighted by Crippen LogP contribution is -2.42. The van der Waals surface area contributed by atoms with Gasteiger partial charge in [-0.1, -0.05) is 57.2 Å². The summed E-state index contributed by atoms with van der Waals surface area (Å²) in [7, 11) is 0. The van der Waals surface area contributed by atoms with E-state index in [0.29, 0.717) is 24.6 Å². The number of nitrogens with zero attached hydrogens (tertiary/aromatic N) is 1. The Morgan fingerprint density at radius 2 is 1.88 bits per heavy atom. The molecule has 2 atom stereocenters. The van der Waals surface area contributed by atoms with Crippen LogP contribution in [0.3, 0.4) is 0 Å². The Bertz CT molecular complexity index is 953. The Labute approximate surface area is 191 Å². The zero-order valence-corrected chi connectivity index (χ0v) is 19.3. The maximum atomic E-state index is 13.1. The third-order valence-electron chi connectivity index (χ3n) is 6.44. The lowest BCUT2D eigenvalue weighted by Gasteiger charge is -2.39. The highest BCUT2D eigenvalue weighted by Gasteiger charge is 2.33. The molecule has 1 saturated carbocycles. The average Bonchev–Trinajstić information content (AvgIpc) is 3.64. The Morgan fingerprint density at radius 1 is 1.12 bits per heavy atom. The van der Waals surface area contributed by atoms with E-state index < -0.39 is 6.10 Å². The standard InChI is InChI=1S/C27H34N2O3/c1-4-24(26(30)28-17-19-10-11-19)32-22-13-12-20-14-15-29(27(31)18(2)3)25(23(20)16-22)21-8-6-5-7-9-21/h5-9,12-13,16,18-19,24-25H,4,10-11,14-15,17H2,1-3H3,(H,28,30)/t24-,25-/m1/s1. The zero-order valence-electron chi connectivity index (χ0n) is 19.3. The number of hydrogen-bond donors (Lipinski definition) is 1. The van der Waals surface area contributed by atoms with Crippen LogP contribution in [0, 0.1) is 11.8 Å². The summed E-state index contributed by atoms with van der Waals surface area (Å²) in [5.41, 5.74) is 3.40. The van der Waals surface area contributed by atoms with Gasteiger partial charge in [0.2, 0.25) is 5.91 Å². The molecule has 0 radical (unpaired) electrons. The van der Waals surface area contributed by atoms with E-state index >= 15 is 0 Å². The first-order chi connectivity index (χ1) is 15.5. The van der Waals surface area contributed by atoms with Crippen LogP contribution in [-0.4, -0.2) is 35.9 Å². The van der Waals surface area contributed by atoms with Gasteiger partial charge in [-0.3, -0.25) is 9.59 Å². The van der Waals surface area contributed by atoms with Gasteiger partial charge in [0.25, 0.3) is 5.91 Å². The molecule has 0 bridgehead atoms. The van der Waals surface area contributed by atoms with Gasteiger partial charge in [-0.25, -0.2) is 0 Å². The molecule has 1 heterocycles. The molecule has 0 unspecified atom stereocenters. The highest BCUT2D eigenvalue weighted by molar-refractivity contribution is 5.81. The molecular weight excluding hydrogens is 400 g/mol. The molecule has 170 valence electrons. The van der Waals surface area contributed by atoms with Crippen LogP contribution < -0.4 is 10.1 Å². The minimum absolute atomic E-state index is 0.0478. The molecule has 32 heavy (non-hydrogen) atoms. The van der Waals surface area contributed by atoms with Gasteiger partial charge in [0.15, 0.2) is 6.10 Å². The predicted molar refractivity (Wildman–Crippen MR) is 125 cm³/mol. The third kappa shape index (κ3) is 4.98. The second kappa shape index (κ2) is 9.76. The van der Waals surface area contributed by atoms with Crippen molar-refractivity contribution in [1.29, 1.82) is 0 Å². The molecule has 2 aromatic rings. The number of nitrogens with one attached hydrogen (secondary N) is 1. The molecule has 1 aliphatic carbocycles. The maximum Gasteiger partial charge on any atom is 0.261 e. The summed E-state index contributed by atoms with van der Waals surface area (Å²) in [6.07, 6.45) is 3.31. The Morgan fingerprint density at radius 3 is 2.53 bits per heavy atom. The van der Waals surface area contributed by atoms with Gasteiger partial charge in [-0.05, 0) is 60.4 Å². The highest BCUT2D eigenvalue weighted by atomic mass is 16.5. The van der Waals surface area contributed by atoms with E-state index in [-0.39, 0.29) is 23.8 Å². The largest absolute Gasteiger partial charge is 0.481 e. The molecule has 2 aromatic carbocycles. The van der Waals surface area contributed by atoms with Crippen molar-refractivity contribution in [3.05, 3.63) is 65.2 Å². The third-order valence-corrected chi connectivity index (χ3v) is 6.44. The van der Waals surface area contributed by atoms with E-state index in [2.05, 4.69) is 23.5 Å². The summed E-state index contributed by atoms with van der Waals surface area (Å²) in [5, 5.41) is 3.03. The van der Waals surface area contributed by atoms with Crippen molar-refractivity contribution in [2.45, 2.75) is 58.6 Å². The number of carbonyl (C=O) groups is 2. The monoisotopic (exact) mass is 434 g/mol. The fraction of sp³-hybridized carbons (Fsp3) is 0.481. The molecule has 1 fully saturated rings. The van der Waals surface area contributed by atoms with Crippen LogP contribution in [-0.2, 0) is 16.0 Å². The lowest BCUT2D eigenvalue weighted by molar-refractivity contribution is -0.136. The first-order valence-corrected chi connectivity index (χ1v) is 11.9. The fourth-order valence-corrected chi connectivity index (χ4v) is 4.40. The Balaban J connectivity index is 1.61. The molecule has 0 aromatic heterocycles. The Hall–Kier alpha value is -2.82. The van der Waals surface area contributed by atoms with Crippen LogP contribution in [0.15, 0.2) is 48.5 Å². The zero-order chi connectivity index (χ0) is 22.7. The summed E-state index contributed by atoms with van der Waals surface area (Å²) in [5.74, 6) is 1.35. The van der Waals surface area contributed by atoms with Gasteiger partial charge < -0.3 is 15.0 Å². The second-order valence-corrected chi connectivity index (χ2v) is 9.31. The van der Waals surface area contributed by atoms with Gasteiger partial charge in [0, 0.05) is 19.0 Å². The summed E-state index contributed by atoms with van der Waals surface area (Å²) in [4.78, 5) is 27.7. The van der Waals surface area contributed by atoms with E-state index in [4.69, 9.17) is 4.74 Å². The van der Waals surface area contributed by atoms with Crippen LogP contribution >= 0.6 is 0 Å². The van der Waals surface area contributed by atoms with Crippen molar-refractivity contribution < 1.29 is 14.3 Å². The van der Waals surface area contributed by atoms with Crippen LogP contribution in [0.5, 0.6) is 5.75 Å². The van der Waals surface area contributed by atoms with Gasteiger partial charge in [-0.15, -0.1) is 0 Å². The van der Waals surface area contributed by atoms with Crippen LogP contribution in [0.25, 0.3) is 0 Å². The van der Waals surface area contributed by atoms with Gasteiger partial charge in [0.1, 0.15) is 5.75 Å². The normalized spacial score (nSPS) is 18.8. The highest BCUT2D eigenvalue weighted by Crippen LogP contribution is 2.38. The predicted octanol–water partition coefficient (Wildman–Crippen LogP) is 4.50. The van der Waals surface area contributed by atoms with Crippen molar-refractivity contribution in [2.75, 3.05) is 13.1 Å². The van der Waals surface area contributed by atoms with E-state index in [0.717, 1.165) is 24.1 Å². The SMILES string of the molecule is CC[C@@H](Oc1ccc2c(c1)[C@@H](c1ccccc1)N(C(=O)C(C)C)CC2)C(=O)NCC1CC1. The fourth-order valence-electron chi connectivity index (χ4n) is 4.40. The van der Waals surface area contributed by atoms with Crippen molar-refractivity contribution in [2.24, 2.45) is 11.8 Å². The van der Waals surface area contributed by atoms with Gasteiger partial charge in [0.05, 0.1) is 6.04 Å². The molecular formula is C27H34N2O3. The number of rotatable bonds is 8. The molecule has 1 aliphatic heterocycles. The molecule has 0 spiro atoms. The minimum Gasteiger partial charge on any atom is -0.481 e. The van der Waals surface area contributed by atoms with E-state index in [1.54, 1.807) is 0 Å². The molecule has 5 nitrogen and oxygen atoms in total. The topological polar surface area (TPSA) is 58.6 Å². The maximum absolute atomic E-state index is 13.1. The minimum atomic E-state index is -0.515. The van der Waals surface area contributed by atoms with Crippen molar-refractivity contribution in [1.82, 2.24) is 10.2 Å². The number of fused-ring (bicyclic) bond motifs is 1. The number of amides is 2. The van der Waals surface area contributed by atoms with E-state index in [1.807, 2.05) is 56.0 Å². The van der Waals surface area contributed by atoms with Crippen molar-refractivity contribution in [3.63, 3.8) is 0 Å². The number of ether oxygens (including phenoxy) is 1. The summed E-state index contributed by atoms with van der Waals surface area (Å²) >= 11 is 0. The first-order valence-electron chi connectivity index (χ1n) is 11.9. The first kappa shape index (κ1) is 22.4. The van der Waals surface area contributed by atoms with Crippen LogP contribution in [0.1, 0.15) is 62.8 Å². The lowest BCUT2D eigenvalue weighted by atomic mass is 9.87. The number of benzene rings is 2. The number of hydrogen-bond acceptors (Lipinski definition) is 3. The molecule has 0 saturated heterocycles. The summed E-state index contributed by atoms with van der Waals surface area (Å²) in [6, 6.07) is 16.1. The second-order valence-electron chi connectivity index (χ2n) is 9.31. The smallest absolute Gasteiger partial charge is 0.261 e. The molecule has 4 rings (SSSR count). The molecule has 2 amide bonds. The molecule has 5 heteroatoms. The van der Waals surface area contributed by atoms with E-state index in [1.165, 1.54) is 18.4 Å². The summed E-state index contributed by atoms with van der Waals surface area (Å²) in [6.45, 7) is 7.31. The summed E-state index contributed by atoms with van der Waals surface area (Å²) < 4.78 is 6.16. The number of carbonyl (C=O) groups excluding carboxylic acids is 2. The molecule has 2 aliphatic rings. The van der Waals surface area contributed by atoms with E-state index in [9.17, 15) is 9.59 Å². The quantitative estimate of drug-likeness (QED) is 0.666. The van der Waals surface area contributed by atoms with Gasteiger partial charge in [-0.2, -0.15) is 0 Å². The Kier molecular flexibility index (Phi) is 6.83.